The molecule has 0 aliphatic rings. The molecular weight excluding hydrogens is 216 g/mol. The fourth-order valence-corrected chi connectivity index (χ4v) is 1.37. The van der Waals surface area contributed by atoms with Crippen LogP contribution >= 0.6 is 0 Å². The van der Waals surface area contributed by atoms with E-state index in [1.165, 1.54) is 0 Å². The third-order valence-corrected chi connectivity index (χ3v) is 2.50. The summed E-state index contributed by atoms with van der Waals surface area (Å²) in [7, 11) is 3.11. The zero-order chi connectivity index (χ0) is 12.7. The monoisotopic (exact) mass is 236 g/mol. The van der Waals surface area contributed by atoms with E-state index in [0.29, 0.717) is 0 Å². The second kappa shape index (κ2) is 6.55. The molecule has 0 saturated heterocycles. The highest BCUT2D eigenvalue weighted by molar-refractivity contribution is 5.49. The van der Waals surface area contributed by atoms with Gasteiger partial charge in [-0.25, -0.2) is 0 Å². The van der Waals surface area contributed by atoms with Crippen LogP contribution in [0.2, 0.25) is 0 Å². The third-order valence-electron chi connectivity index (χ3n) is 2.50. The lowest BCUT2D eigenvalue weighted by Gasteiger charge is -2.28. The molecule has 3 heteroatoms. The highest BCUT2D eigenvalue weighted by Gasteiger charge is 2.25. The van der Waals surface area contributed by atoms with Crippen LogP contribution in [0.4, 0.5) is 0 Å². The lowest BCUT2D eigenvalue weighted by Crippen LogP contribution is -2.36. The molecule has 0 fully saturated rings. The predicted octanol–water partition coefficient (Wildman–Crippen LogP) is 3.07. The van der Waals surface area contributed by atoms with E-state index in [9.17, 15) is 0 Å². The Morgan fingerprint density at radius 2 is 1.71 bits per heavy atom. The molecular formula is C14H20O3. The third kappa shape index (κ3) is 4.69. The van der Waals surface area contributed by atoms with Crippen LogP contribution in [0.5, 0.6) is 0 Å². The second-order valence-electron chi connectivity index (χ2n) is 3.86. The average Bonchev–Trinajstić information content (AvgIpc) is 2.37. The van der Waals surface area contributed by atoms with Crippen molar-refractivity contribution in [2.45, 2.75) is 25.9 Å². The molecule has 0 heterocycles. The van der Waals surface area contributed by atoms with Crippen molar-refractivity contribution in [3.63, 3.8) is 0 Å². The van der Waals surface area contributed by atoms with Crippen molar-refractivity contribution >= 4 is 6.08 Å². The highest BCUT2D eigenvalue weighted by atomic mass is 16.9. The van der Waals surface area contributed by atoms with Gasteiger partial charge in [0, 0.05) is 21.1 Å². The summed E-state index contributed by atoms with van der Waals surface area (Å²) in [6, 6.07) is 10.1. The number of ether oxygens (including phenoxy) is 3. The molecule has 0 saturated carbocycles. The van der Waals surface area contributed by atoms with Crippen molar-refractivity contribution in [3.05, 3.63) is 42.0 Å². The van der Waals surface area contributed by atoms with Gasteiger partial charge in [0.25, 0.3) is 5.97 Å². The molecule has 0 aliphatic carbocycles. The first-order valence-electron chi connectivity index (χ1n) is 5.61. The fourth-order valence-electron chi connectivity index (χ4n) is 1.37. The number of rotatable bonds is 6. The minimum Gasteiger partial charge on any atom is -0.331 e. The van der Waals surface area contributed by atoms with Gasteiger partial charge in [0.15, 0.2) is 0 Å². The number of hydrogen-bond acceptors (Lipinski definition) is 3. The molecule has 1 aromatic carbocycles. The van der Waals surface area contributed by atoms with Crippen LogP contribution in [0.25, 0.3) is 6.08 Å². The van der Waals surface area contributed by atoms with Gasteiger partial charge in [-0.05, 0) is 12.5 Å². The molecule has 0 bridgehead atoms. The SMILES string of the molecule is COC(C)(OC)OC(C)/C=C/c1ccccc1. The molecule has 1 aromatic rings. The normalized spacial score (nSPS) is 14.1. The topological polar surface area (TPSA) is 27.7 Å². The highest BCUT2D eigenvalue weighted by Crippen LogP contribution is 2.15. The van der Waals surface area contributed by atoms with E-state index in [2.05, 4.69) is 0 Å². The van der Waals surface area contributed by atoms with Crippen molar-refractivity contribution in [2.75, 3.05) is 14.2 Å². The van der Waals surface area contributed by atoms with Crippen LogP contribution in [0, 0.1) is 0 Å². The Hall–Kier alpha value is -1.16. The molecule has 0 spiro atoms. The first-order valence-corrected chi connectivity index (χ1v) is 5.61. The van der Waals surface area contributed by atoms with E-state index in [0.717, 1.165) is 5.56 Å². The minimum atomic E-state index is -1.000. The summed E-state index contributed by atoms with van der Waals surface area (Å²) < 4.78 is 15.9. The van der Waals surface area contributed by atoms with Crippen molar-refractivity contribution < 1.29 is 14.2 Å². The summed E-state index contributed by atoms with van der Waals surface area (Å²) in [4.78, 5) is 0. The molecule has 0 N–H and O–H groups in total. The second-order valence-corrected chi connectivity index (χ2v) is 3.86. The molecule has 0 aliphatic heterocycles. The average molecular weight is 236 g/mol. The number of hydrogen-bond donors (Lipinski definition) is 0. The Morgan fingerprint density at radius 3 is 2.24 bits per heavy atom. The maximum absolute atomic E-state index is 5.63. The van der Waals surface area contributed by atoms with E-state index in [1.807, 2.05) is 49.4 Å². The van der Waals surface area contributed by atoms with Crippen molar-refractivity contribution in [3.8, 4) is 0 Å². The molecule has 0 aromatic heterocycles. The van der Waals surface area contributed by atoms with Crippen LogP contribution in [-0.2, 0) is 14.2 Å². The van der Waals surface area contributed by atoms with E-state index in [-0.39, 0.29) is 6.10 Å². The first kappa shape index (κ1) is 13.9. The summed E-state index contributed by atoms with van der Waals surface area (Å²) in [5.41, 5.74) is 1.14. The van der Waals surface area contributed by atoms with Gasteiger partial charge < -0.3 is 14.2 Å². The van der Waals surface area contributed by atoms with Gasteiger partial charge in [-0.3, -0.25) is 0 Å². The summed E-state index contributed by atoms with van der Waals surface area (Å²) in [5, 5.41) is 0. The summed E-state index contributed by atoms with van der Waals surface area (Å²) in [6.07, 6.45) is 3.88. The Balaban J connectivity index is 2.55. The molecule has 94 valence electrons. The summed E-state index contributed by atoms with van der Waals surface area (Å²) >= 11 is 0. The zero-order valence-corrected chi connectivity index (χ0v) is 10.8. The Bertz CT molecular complexity index is 342. The van der Waals surface area contributed by atoms with Gasteiger partial charge in [0.2, 0.25) is 0 Å². The smallest absolute Gasteiger partial charge is 0.279 e. The van der Waals surface area contributed by atoms with Crippen molar-refractivity contribution in [1.29, 1.82) is 0 Å². The fraction of sp³-hybridized carbons (Fsp3) is 0.429. The van der Waals surface area contributed by atoms with Crippen LogP contribution in [0.15, 0.2) is 36.4 Å². The van der Waals surface area contributed by atoms with Crippen LogP contribution in [0.3, 0.4) is 0 Å². The van der Waals surface area contributed by atoms with Gasteiger partial charge >= 0.3 is 0 Å². The van der Waals surface area contributed by atoms with Crippen LogP contribution < -0.4 is 0 Å². The zero-order valence-electron chi connectivity index (χ0n) is 10.8. The predicted molar refractivity (Wildman–Crippen MR) is 68.4 cm³/mol. The van der Waals surface area contributed by atoms with Gasteiger partial charge in [-0.15, -0.1) is 0 Å². The lowest BCUT2D eigenvalue weighted by molar-refractivity contribution is -0.358. The molecule has 0 amide bonds. The van der Waals surface area contributed by atoms with E-state index in [4.69, 9.17) is 14.2 Å². The molecule has 3 nitrogen and oxygen atoms in total. The summed E-state index contributed by atoms with van der Waals surface area (Å²) in [5.74, 6) is -1.000. The standard InChI is InChI=1S/C14H20O3/c1-12(17-14(2,15-3)16-4)10-11-13-8-6-5-7-9-13/h5-12H,1-4H3/b11-10+. The molecule has 1 rings (SSSR count). The maximum Gasteiger partial charge on any atom is 0.279 e. The minimum absolute atomic E-state index is 0.0971. The van der Waals surface area contributed by atoms with Gasteiger partial charge in [-0.1, -0.05) is 42.5 Å². The molecule has 17 heavy (non-hydrogen) atoms. The van der Waals surface area contributed by atoms with Gasteiger partial charge in [-0.2, -0.15) is 0 Å². The number of methoxy groups -OCH3 is 2. The van der Waals surface area contributed by atoms with E-state index < -0.39 is 5.97 Å². The van der Waals surface area contributed by atoms with E-state index in [1.54, 1.807) is 21.1 Å². The summed E-state index contributed by atoms with van der Waals surface area (Å²) in [6.45, 7) is 3.68. The molecule has 1 atom stereocenters. The largest absolute Gasteiger partial charge is 0.331 e. The maximum atomic E-state index is 5.63. The first-order chi connectivity index (χ1) is 8.09. The Labute approximate surface area is 103 Å². The number of benzene rings is 1. The van der Waals surface area contributed by atoms with E-state index >= 15 is 0 Å². The van der Waals surface area contributed by atoms with Crippen molar-refractivity contribution in [2.24, 2.45) is 0 Å². The Kier molecular flexibility index (Phi) is 5.35. The van der Waals surface area contributed by atoms with Crippen LogP contribution in [0.1, 0.15) is 19.4 Å². The molecule has 1 unspecified atom stereocenters. The van der Waals surface area contributed by atoms with Gasteiger partial charge in [0.1, 0.15) is 0 Å². The Morgan fingerprint density at radius 1 is 1.12 bits per heavy atom. The van der Waals surface area contributed by atoms with Gasteiger partial charge in [0.05, 0.1) is 6.10 Å². The molecule has 0 radical (unpaired) electrons. The van der Waals surface area contributed by atoms with Crippen LogP contribution in [-0.4, -0.2) is 26.3 Å². The van der Waals surface area contributed by atoms with Crippen molar-refractivity contribution in [1.82, 2.24) is 0 Å². The lowest BCUT2D eigenvalue weighted by atomic mass is 10.2. The quantitative estimate of drug-likeness (QED) is 0.710.